The van der Waals surface area contributed by atoms with Gasteiger partial charge in [-0.1, -0.05) is 41.7 Å². The van der Waals surface area contributed by atoms with Gasteiger partial charge in [-0.2, -0.15) is 0 Å². The Labute approximate surface area is 176 Å². The number of hydrogen-bond acceptors (Lipinski definition) is 6. The van der Waals surface area contributed by atoms with Crippen LogP contribution in [-0.4, -0.2) is 19.8 Å². The molecule has 0 bridgehead atoms. The maximum absolute atomic E-state index is 12.9. The Morgan fingerprint density at radius 1 is 0.967 bits per heavy atom. The summed E-state index contributed by atoms with van der Waals surface area (Å²) in [5.41, 5.74) is 2.07. The van der Waals surface area contributed by atoms with E-state index < -0.39 is 10.0 Å². The second-order valence-corrected chi connectivity index (χ2v) is 9.42. The summed E-state index contributed by atoms with van der Waals surface area (Å²) in [6.45, 7) is 0.544. The van der Waals surface area contributed by atoms with Gasteiger partial charge in [0.15, 0.2) is 11.5 Å². The zero-order chi connectivity index (χ0) is 20.7. The van der Waals surface area contributed by atoms with Crippen molar-refractivity contribution < 1.29 is 17.9 Å². The van der Waals surface area contributed by atoms with Crippen LogP contribution >= 0.6 is 11.3 Å². The minimum absolute atomic E-state index is 0.0841. The van der Waals surface area contributed by atoms with Crippen molar-refractivity contribution in [3.8, 4) is 11.5 Å². The topological polar surface area (TPSA) is 86.6 Å². The predicted octanol–water partition coefficient (Wildman–Crippen LogP) is 3.64. The zero-order valence-corrected chi connectivity index (χ0v) is 17.2. The Hall–Kier alpha value is -3.30. The number of ether oxygens (including phenoxy) is 2. The molecule has 0 atom stereocenters. The maximum atomic E-state index is 12.9. The molecule has 3 aromatic carbocycles. The predicted molar refractivity (Wildman–Crippen MR) is 115 cm³/mol. The van der Waals surface area contributed by atoms with Crippen LogP contribution in [0.25, 0.3) is 10.2 Å². The lowest BCUT2D eigenvalue weighted by molar-refractivity contribution is 0.174. The number of anilines is 1. The van der Waals surface area contributed by atoms with Crippen LogP contribution in [0.5, 0.6) is 11.5 Å². The summed E-state index contributed by atoms with van der Waals surface area (Å²) in [4.78, 5) is 12.4. The van der Waals surface area contributed by atoms with Crippen LogP contribution in [0.3, 0.4) is 0 Å². The second-order valence-electron chi connectivity index (χ2n) is 6.74. The third-order valence-electron chi connectivity index (χ3n) is 4.76. The fraction of sp³-hybridized carbons (Fsp3) is 0.0952. The molecule has 1 aliphatic rings. The summed E-state index contributed by atoms with van der Waals surface area (Å²) in [5.74, 6) is 1.06. The van der Waals surface area contributed by atoms with E-state index >= 15 is 0 Å². The van der Waals surface area contributed by atoms with Gasteiger partial charge in [-0.15, -0.1) is 0 Å². The van der Waals surface area contributed by atoms with E-state index in [0.29, 0.717) is 33.9 Å². The minimum atomic E-state index is -3.84. The van der Waals surface area contributed by atoms with Crippen LogP contribution in [0, 0.1) is 0 Å². The molecule has 1 aromatic heterocycles. The molecule has 0 unspecified atom stereocenters. The van der Waals surface area contributed by atoms with Gasteiger partial charge in [-0.05, 0) is 35.9 Å². The Bertz CT molecular complexity index is 1410. The van der Waals surface area contributed by atoms with Gasteiger partial charge >= 0.3 is 4.87 Å². The molecule has 0 fully saturated rings. The van der Waals surface area contributed by atoms with Gasteiger partial charge in [0.2, 0.25) is 6.79 Å². The summed E-state index contributed by atoms with van der Waals surface area (Å²) >= 11 is 1.03. The highest BCUT2D eigenvalue weighted by molar-refractivity contribution is 7.92. The van der Waals surface area contributed by atoms with Crippen molar-refractivity contribution in [2.75, 3.05) is 11.5 Å². The van der Waals surface area contributed by atoms with Gasteiger partial charge in [-0.25, -0.2) is 8.42 Å². The third kappa shape index (κ3) is 3.42. The molecule has 0 saturated carbocycles. The molecule has 5 rings (SSSR count). The highest BCUT2D eigenvalue weighted by Crippen LogP contribution is 2.35. The van der Waals surface area contributed by atoms with E-state index in [1.807, 2.05) is 30.3 Å². The van der Waals surface area contributed by atoms with Gasteiger partial charge in [0.1, 0.15) is 0 Å². The van der Waals surface area contributed by atoms with Crippen molar-refractivity contribution in [3.05, 3.63) is 82.0 Å². The average Bonchev–Trinajstić information content (AvgIpc) is 3.32. The van der Waals surface area contributed by atoms with Gasteiger partial charge < -0.3 is 9.47 Å². The molecule has 0 amide bonds. The number of nitrogens with zero attached hydrogens (tertiary/aromatic N) is 1. The number of aromatic nitrogens is 1. The highest BCUT2D eigenvalue weighted by Gasteiger charge is 2.19. The molecular formula is C21H16N2O5S2. The number of nitrogens with one attached hydrogen (secondary N) is 1. The van der Waals surface area contributed by atoms with Gasteiger partial charge in [-0.3, -0.25) is 14.1 Å². The molecule has 1 N–H and O–H groups in total. The van der Waals surface area contributed by atoms with E-state index in [0.717, 1.165) is 16.9 Å². The van der Waals surface area contributed by atoms with Gasteiger partial charge in [0.05, 0.1) is 27.3 Å². The normalized spacial score (nSPS) is 12.9. The Morgan fingerprint density at radius 2 is 1.77 bits per heavy atom. The summed E-state index contributed by atoms with van der Waals surface area (Å²) in [6.07, 6.45) is 0. The standard InChI is InChI=1S/C21H16N2O5S2/c24-21-23(12-14-4-2-1-3-5-14)17-8-7-16(11-20(17)29-21)30(25,26)22-15-6-9-18-19(10-15)28-13-27-18/h1-11,22H,12-13H2. The molecule has 0 aliphatic carbocycles. The lowest BCUT2D eigenvalue weighted by Crippen LogP contribution is -2.14. The number of hydrogen-bond donors (Lipinski definition) is 1. The molecule has 0 radical (unpaired) electrons. The number of thiazole rings is 1. The van der Waals surface area contributed by atoms with Crippen molar-refractivity contribution in [3.63, 3.8) is 0 Å². The van der Waals surface area contributed by atoms with Gasteiger partial charge in [0, 0.05) is 6.07 Å². The minimum Gasteiger partial charge on any atom is -0.454 e. The average molecular weight is 441 g/mol. The molecule has 7 nitrogen and oxygen atoms in total. The molecule has 0 spiro atoms. The first-order valence-corrected chi connectivity index (χ1v) is 11.4. The van der Waals surface area contributed by atoms with Crippen LogP contribution in [0.1, 0.15) is 5.56 Å². The SMILES string of the molecule is O=c1sc2cc(S(=O)(=O)Nc3ccc4c(c3)OCO4)ccc2n1Cc1ccccc1. The first-order chi connectivity index (χ1) is 14.5. The van der Waals surface area contributed by atoms with E-state index in [1.54, 1.807) is 28.8 Å². The molecule has 152 valence electrons. The molecular weight excluding hydrogens is 424 g/mol. The van der Waals surface area contributed by atoms with E-state index in [2.05, 4.69) is 4.72 Å². The summed E-state index contributed by atoms with van der Waals surface area (Å²) < 4.78 is 41.1. The largest absolute Gasteiger partial charge is 0.454 e. The molecule has 0 saturated heterocycles. The number of benzene rings is 3. The van der Waals surface area contributed by atoms with Gasteiger partial charge in [0.25, 0.3) is 10.0 Å². The van der Waals surface area contributed by atoms with E-state index in [4.69, 9.17) is 9.47 Å². The summed E-state index contributed by atoms with van der Waals surface area (Å²) in [7, 11) is -3.84. The lowest BCUT2D eigenvalue weighted by atomic mass is 10.2. The first kappa shape index (κ1) is 18.7. The Morgan fingerprint density at radius 3 is 2.60 bits per heavy atom. The second kappa shape index (κ2) is 7.19. The molecule has 30 heavy (non-hydrogen) atoms. The maximum Gasteiger partial charge on any atom is 0.308 e. The number of fused-ring (bicyclic) bond motifs is 2. The lowest BCUT2D eigenvalue weighted by Gasteiger charge is -2.09. The van der Waals surface area contributed by atoms with Crippen LogP contribution in [-0.2, 0) is 16.6 Å². The quantitative estimate of drug-likeness (QED) is 0.512. The number of sulfonamides is 1. The fourth-order valence-corrected chi connectivity index (χ4v) is 5.38. The fourth-order valence-electron chi connectivity index (χ4n) is 3.30. The number of rotatable bonds is 5. The van der Waals surface area contributed by atoms with Crippen molar-refractivity contribution in [2.45, 2.75) is 11.4 Å². The molecule has 4 aromatic rings. The molecule has 2 heterocycles. The highest BCUT2D eigenvalue weighted by atomic mass is 32.2. The van der Waals surface area contributed by atoms with Crippen LogP contribution in [0.4, 0.5) is 5.69 Å². The third-order valence-corrected chi connectivity index (χ3v) is 7.08. The van der Waals surface area contributed by atoms with Crippen LogP contribution < -0.4 is 19.1 Å². The van der Waals surface area contributed by atoms with Crippen LogP contribution in [0.15, 0.2) is 76.4 Å². The molecule has 9 heteroatoms. The molecule has 1 aliphatic heterocycles. The Balaban J connectivity index is 1.46. The van der Waals surface area contributed by atoms with E-state index in [9.17, 15) is 13.2 Å². The monoisotopic (exact) mass is 440 g/mol. The Kier molecular flexibility index (Phi) is 4.48. The van der Waals surface area contributed by atoms with Crippen molar-refractivity contribution in [1.82, 2.24) is 4.57 Å². The van der Waals surface area contributed by atoms with E-state index in [-0.39, 0.29) is 16.6 Å². The van der Waals surface area contributed by atoms with Crippen LogP contribution in [0.2, 0.25) is 0 Å². The van der Waals surface area contributed by atoms with Crippen molar-refractivity contribution >= 4 is 37.3 Å². The van der Waals surface area contributed by atoms with Crippen molar-refractivity contribution in [2.24, 2.45) is 0 Å². The zero-order valence-electron chi connectivity index (χ0n) is 15.6. The first-order valence-electron chi connectivity index (χ1n) is 9.09. The summed E-state index contributed by atoms with van der Waals surface area (Å²) in [5, 5.41) is 0. The smallest absolute Gasteiger partial charge is 0.308 e. The van der Waals surface area contributed by atoms with Crippen molar-refractivity contribution in [1.29, 1.82) is 0 Å². The van der Waals surface area contributed by atoms with E-state index in [1.165, 1.54) is 12.1 Å². The summed E-state index contributed by atoms with van der Waals surface area (Å²) in [6, 6.07) is 19.2.